The second kappa shape index (κ2) is 5.90. The molecule has 0 spiro atoms. The smallest absolute Gasteiger partial charge is 0.243 e. The van der Waals surface area contributed by atoms with Gasteiger partial charge in [0.1, 0.15) is 16.5 Å². The minimum absolute atomic E-state index is 0.00895. The van der Waals surface area contributed by atoms with E-state index in [-0.39, 0.29) is 6.54 Å². The van der Waals surface area contributed by atoms with Crippen LogP contribution in [0, 0.1) is 18.6 Å². The van der Waals surface area contributed by atoms with Crippen molar-refractivity contribution in [3.8, 4) is 0 Å². The highest BCUT2D eigenvalue weighted by Gasteiger charge is 2.20. The van der Waals surface area contributed by atoms with Gasteiger partial charge in [-0.1, -0.05) is 0 Å². The van der Waals surface area contributed by atoms with Crippen LogP contribution in [0.5, 0.6) is 0 Å². The lowest BCUT2D eigenvalue weighted by atomic mass is 10.3. The van der Waals surface area contributed by atoms with Crippen LogP contribution in [-0.4, -0.2) is 18.2 Å². The summed E-state index contributed by atoms with van der Waals surface area (Å²) in [6, 6.07) is 2.34. The first-order valence-electron chi connectivity index (χ1n) is 6.31. The van der Waals surface area contributed by atoms with Gasteiger partial charge in [0, 0.05) is 30.9 Å². The van der Waals surface area contributed by atoms with Gasteiger partial charge in [-0.2, -0.15) is 5.10 Å². The van der Waals surface area contributed by atoms with E-state index >= 15 is 0 Å². The zero-order valence-electron chi connectivity index (χ0n) is 11.6. The van der Waals surface area contributed by atoms with Crippen molar-refractivity contribution >= 4 is 10.0 Å². The molecule has 0 saturated heterocycles. The monoisotopic (exact) mass is 315 g/mol. The summed E-state index contributed by atoms with van der Waals surface area (Å²) >= 11 is 0. The summed E-state index contributed by atoms with van der Waals surface area (Å²) in [5.41, 5.74) is 1.39. The van der Waals surface area contributed by atoms with E-state index < -0.39 is 26.6 Å². The number of benzene rings is 1. The number of aryl methyl sites for hydroxylation is 2. The molecule has 0 fully saturated rings. The topological polar surface area (TPSA) is 64.0 Å². The second-order valence-electron chi connectivity index (χ2n) is 4.49. The third-order valence-electron chi connectivity index (χ3n) is 3.01. The lowest BCUT2D eigenvalue weighted by molar-refractivity contribution is 0.543. The van der Waals surface area contributed by atoms with E-state index in [1.165, 1.54) is 0 Å². The maximum absolute atomic E-state index is 13.5. The Morgan fingerprint density at radius 2 is 2.05 bits per heavy atom. The first-order chi connectivity index (χ1) is 9.83. The van der Waals surface area contributed by atoms with Crippen LogP contribution in [0.25, 0.3) is 0 Å². The fourth-order valence-electron chi connectivity index (χ4n) is 1.84. The third kappa shape index (κ3) is 3.45. The average molecular weight is 315 g/mol. The molecule has 2 aromatic rings. The molecule has 1 N–H and O–H groups in total. The molecular formula is C13H15F2N3O2S. The van der Waals surface area contributed by atoms with Crippen molar-refractivity contribution in [3.63, 3.8) is 0 Å². The van der Waals surface area contributed by atoms with Gasteiger partial charge in [-0.05, 0) is 26.0 Å². The number of nitrogens with zero attached hydrogens (tertiary/aromatic N) is 2. The fraction of sp³-hybridized carbons (Fsp3) is 0.308. The van der Waals surface area contributed by atoms with Gasteiger partial charge in [0.15, 0.2) is 0 Å². The van der Waals surface area contributed by atoms with E-state index in [0.717, 1.165) is 12.1 Å². The van der Waals surface area contributed by atoms with Crippen LogP contribution in [0.1, 0.15) is 18.2 Å². The Hall–Kier alpha value is -1.80. The molecular weight excluding hydrogens is 300 g/mol. The SMILES string of the molecule is CCn1cc(CNS(=O)(=O)c2ccc(F)cc2F)c(C)n1. The van der Waals surface area contributed by atoms with Gasteiger partial charge < -0.3 is 0 Å². The van der Waals surface area contributed by atoms with Crippen molar-refractivity contribution in [2.75, 3.05) is 0 Å². The van der Waals surface area contributed by atoms with Gasteiger partial charge in [-0.3, -0.25) is 4.68 Å². The Bertz CT molecular complexity index is 757. The molecule has 2 rings (SSSR count). The first-order valence-corrected chi connectivity index (χ1v) is 7.79. The fourth-order valence-corrected chi connectivity index (χ4v) is 2.90. The summed E-state index contributed by atoms with van der Waals surface area (Å²) < 4.78 is 54.4. The minimum Gasteiger partial charge on any atom is -0.272 e. The number of sulfonamides is 1. The van der Waals surface area contributed by atoms with Crippen LogP contribution in [0.2, 0.25) is 0 Å². The number of aromatic nitrogens is 2. The van der Waals surface area contributed by atoms with Crippen LogP contribution in [0.4, 0.5) is 8.78 Å². The zero-order valence-corrected chi connectivity index (χ0v) is 12.4. The third-order valence-corrected chi connectivity index (χ3v) is 4.44. The Kier molecular flexibility index (Phi) is 4.38. The van der Waals surface area contributed by atoms with Gasteiger partial charge >= 0.3 is 0 Å². The van der Waals surface area contributed by atoms with Crippen LogP contribution in [0.3, 0.4) is 0 Å². The molecule has 21 heavy (non-hydrogen) atoms. The Morgan fingerprint density at radius 1 is 1.33 bits per heavy atom. The summed E-state index contributed by atoms with van der Waals surface area (Å²) in [4.78, 5) is -0.579. The Balaban J connectivity index is 2.19. The molecule has 1 aromatic carbocycles. The van der Waals surface area contributed by atoms with Crippen molar-refractivity contribution < 1.29 is 17.2 Å². The largest absolute Gasteiger partial charge is 0.272 e. The number of nitrogens with one attached hydrogen (secondary N) is 1. The van der Waals surface area contributed by atoms with E-state index in [9.17, 15) is 17.2 Å². The standard InChI is InChI=1S/C13H15F2N3O2S/c1-3-18-8-10(9(2)17-18)7-16-21(19,20)13-5-4-11(14)6-12(13)15/h4-6,8,16H,3,7H2,1-2H3. The van der Waals surface area contributed by atoms with Crippen molar-refractivity contribution in [2.24, 2.45) is 0 Å². The highest BCUT2D eigenvalue weighted by molar-refractivity contribution is 7.89. The molecule has 0 aliphatic rings. The van der Waals surface area contributed by atoms with Crippen molar-refractivity contribution in [3.05, 3.63) is 47.3 Å². The lowest BCUT2D eigenvalue weighted by Gasteiger charge is -2.07. The molecule has 0 aliphatic heterocycles. The van der Waals surface area contributed by atoms with E-state index in [1.807, 2.05) is 6.92 Å². The molecule has 114 valence electrons. The van der Waals surface area contributed by atoms with E-state index in [4.69, 9.17) is 0 Å². The molecule has 0 radical (unpaired) electrons. The maximum Gasteiger partial charge on any atom is 0.243 e. The molecule has 0 aliphatic carbocycles. The van der Waals surface area contributed by atoms with E-state index in [2.05, 4.69) is 9.82 Å². The van der Waals surface area contributed by atoms with Crippen molar-refractivity contribution in [1.29, 1.82) is 0 Å². The second-order valence-corrected chi connectivity index (χ2v) is 6.23. The number of hydrogen-bond donors (Lipinski definition) is 1. The summed E-state index contributed by atoms with van der Waals surface area (Å²) in [5, 5.41) is 4.19. The predicted molar refractivity (Wildman–Crippen MR) is 73.0 cm³/mol. The minimum atomic E-state index is -4.05. The Labute approximate surface area is 121 Å². The lowest BCUT2D eigenvalue weighted by Crippen LogP contribution is -2.24. The zero-order chi connectivity index (χ0) is 15.6. The van der Waals surface area contributed by atoms with E-state index in [1.54, 1.807) is 17.8 Å². The van der Waals surface area contributed by atoms with Gasteiger partial charge in [0.25, 0.3) is 0 Å². The van der Waals surface area contributed by atoms with Gasteiger partial charge in [0.05, 0.1) is 5.69 Å². The van der Waals surface area contributed by atoms with Crippen molar-refractivity contribution in [1.82, 2.24) is 14.5 Å². The molecule has 0 atom stereocenters. The average Bonchev–Trinajstić information content (AvgIpc) is 2.77. The number of hydrogen-bond acceptors (Lipinski definition) is 3. The molecule has 1 aromatic heterocycles. The summed E-state index contributed by atoms with van der Waals surface area (Å²) in [6.45, 7) is 4.33. The predicted octanol–water partition coefficient (Wildman–Crippen LogP) is 1.97. The molecule has 1 heterocycles. The van der Waals surface area contributed by atoms with Crippen LogP contribution < -0.4 is 4.72 Å². The number of rotatable bonds is 5. The van der Waals surface area contributed by atoms with Crippen LogP contribution in [-0.2, 0) is 23.1 Å². The quantitative estimate of drug-likeness (QED) is 0.917. The number of halogens is 2. The van der Waals surface area contributed by atoms with Gasteiger partial charge in [-0.15, -0.1) is 0 Å². The van der Waals surface area contributed by atoms with E-state index in [0.29, 0.717) is 23.9 Å². The Morgan fingerprint density at radius 3 is 2.62 bits per heavy atom. The molecule has 8 heteroatoms. The molecule has 0 bridgehead atoms. The molecule has 0 unspecified atom stereocenters. The van der Waals surface area contributed by atoms with Gasteiger partial charge in [-0.25, -0.2) is 21.9 Å². The molecule has 5 nitrogen and oxygen atoms in total. The summed E-state index contributed by atoms with van der Waals surface area (Å²) in [5.74, 6) is -1.95. The highest BCUT2D eigenvalue weighted by Crippen LogP contribution is 2.16. The highest BCUT2D eigenvalue weighted by atomic mass is 32.2. The van der Waals surface area contributed by atoms with Gasteiger partial charge in [0.2, 0.25) is 10.0 Å². The summed E-state index contributed by atoms with van der Waals surface area (Å²) in [7, 11) is -4.05. The molecule has 0 saturated carbocycles. The normalized spacial score (nSPS) is 11.8. The van der Waals surface area contributed by atoms with Crippen molar-refractivity contribution in [2.45, 2.75) is 31.8 Å². The van der Waals surface area contributed by atoms with Crippen LogP contribution in [0.15, 0.2) is 29.3 Å². The molecule has 0 amide bonds. The maximum atomic E-state index is 13.5. The summed E-state index contributed by atoms with van der Waals surface area (Å²) in [6.07, 6.45) is 1.72. The van der Waals surface area contributed by atoms with Crippen LogP contribution >= 0.6 is 0 Å². The first kappa shape index (κ1) is 15.6.